The standard InChI is InChI=1S/C18H20N2O2/c1-22-17-10-13-5-3-2-4-12(13)8-14(17)9-15(11-19)18(21)20-16-6-7-16/h8-10,16H,2-7H2,1H3,(H,20,21)/b15-9+. The quantitative estimate of drug-likeness (QED) is 0.686. The Balaban J connectivity index is 1.93. The average Bonchev–Trinajstić information content (AvgIpc) is 3.35. The van der Waals surface area contributed by atoms with E-state index in [0.717, 1.165) is 37.0 Å². The molecule has 2 aliphatic carbocycles. The van der Waals surface area contributed by atoms with Gasteiger partial charge in [-0.25, -0.2) is 0 Å². The zero-order valence-corrected chi connectivity index (χ0v) is 12.8. The van der Waals surface area contributed by atoms with E-state index in [0.29, 0.717) is 0 Å². The molecule has 1 aromatic carbocycles. The van der Waals surface area contributed by atoms with Crippen molar-refractivity contribution in [3.8, 4) is 11.8 Å². The van der Waals surface area contributed by atoms with E-state index in [9.17, 15) is 10.1 Å². The van der Waals surface area contributed by atoms with Crippen LogP contribution in [0.4, 0.5) is 0 Å². The van der Waals surface area contributed by atoms with Gasteiger partial charge in [-0.3, -0.25) is 4.79 Å². The van der Waals surface area contributed by atoms with E-state index in [1.54, 1.807) is 13.2 Å². The number of amides is 1. The zero-order valence-electron chi connectivity index (χ0n) is 12.8. The molecular weight excluding hydrogens is 276 g/mol. The molecule has 1 aromatic rings. The van der Waals surface area contributed by atoms with Gasteiger partial charge < -0.3 is 10.1 Å². The van der Waals surface area contributed by atoms with E-state index >= 15 is 0 Å². The molecule has 0 saturated heterocycles. The second-order valence-electron chi connectivity index (χ2n) is 5.99. The first-order chi connectivity index (χ1) is 10.7. The minimum atomic E-state index is -0.287. The molecule has 1 fully saturated rings. The van der Waals surface area contributed by atoms with Crippen LogP contribution in [0.25, 0.3) is 6.08 Å². The minimum Gasteiger partial charge on any atom is -0.496 e. The number of carbonyl (C=O) groups excluding carboxylic acids is 1. The number of aryl methyl sites for hydroxylation is 2. The lowest BCUT2D eigenvalue weighted by Gasteiger charge is -2.18. The van der Waals surface area contributed by atoms with Crippen LogP contribution in [0.15, 0.2) is 17.7 Å². The third kappa shape index (κ3) is 3.14. The molecule has 3 rings (SSSR count). The molecule has 4 nitrogen and oxygen atoms in total. The Morgan fingerprint density at radius 2 is 2.00 bits per heavy atom. The highest BCUT2D eigenvalue weighted by Gasteiger charge is 2.25. The van der Waals surface area contributed by atoms with Gasteiger partial charge in [0, 0.05) is 11.6 Å². The summed E-state index contributed by atoms with van der Waals surface area (Å²) in [5.74, 6) is 0.442. The molecular formula is C18H20N2O2. The van der Waals surface area contributed by atoms with Gasteiger partial charge in [-0.2, -0.15) is 5.26 Å². The monoisotopic (exact) mass is 296 g/mol. The first-order valence-corrected chi connectivity index (χ1v) is 7.83. The minimum absolute atomic E-state index is 0.140. The molecule has 1 amide bonds. The van der Waals surface area contributed by atoms with E-state index in [1.165, 1.54) is 24.0 Å². The predicted molar refractivity (Wildman–Crippen MR) is 84.4 cm³/mol. The van der Waals surface area contributed by atoms with E-state index in [-0.39, 0.29) is 17.5 Å². The van der Waals surface area contributed by atoms with Crippen LogP contribution in [-0.4, -0.2) is 19.1 Å². The number of fused-ring (bicyclic) bond motifs is 1. The molecule has 0 aliphatic heterocycles. The molecule has 0 radical (unpaired) electrons. The zero-order chi connectivity index (χ0) is 15.5. The number of hydrogen-bond donors (Lipinski definition) is 1. The number of rotatable bonds is 4. The molecule has 0 bridgehead atoms. The van der Waals surface area contributed by atoms with Gasteiger partial charge in [-0.15, -0.1) is 0 Å². The molecule has 0 spiro atoms. The highest BCUT2D eigenvalue weighted by molar-refractivity contribution is 6.02. The maximum atomic E-state index is 12.1. The highest BCUT2D eigenvalue weighted by Crippen LogP contribution is 2.30. The van der Waals surface area contributed by atoms with Crippen molar-refractivity contribution < 1.29 is 9.53 Å². The molecule has 0 atom stereocenters. The van der Waals surface area contributed by atoms with Crippen molar-refractivity contribution in [2.45, 2.75) is 44.6 Å². The van der Waals surface area contributed by atoms with Crippen molar-refractivity contribution in [1.82, 2.24) is 5.32 Å². The summed E-state index contributed by atoms with van der Waals surface area (Å²) in [6.45, 7) is 0. The number of nitrogens with zero attached hydrogens (tertiary/aromatic N) is 1. The summed E-state index contributed by atoms with van der Waals surface area (Å²) >= 11 is 0. The number of ether oxygens (including phenoxy) is 1. The molecule has 1 N–H and O–H groups in total. The van der Waals surface area contributed by atoms with Gasteiger partial charge in [0.05, 0.1) is 7.11 Å². The summed E-state index contributed by atoms with van der Waals surface area (Å²) in [6, 6.07) is 6.37. The van der Waals surface area contributed by atoms with Crippen LogP contribution in [0, 0.1) is 11.3 Å². The second kappa shape index (κ2) is 6.23. The fraction of sp³-hybridized carbons (Fsp3) is 0.444. The Morgan fingerprint density at radius 3 is 2.59 bits per heavy atom. The van der Waals surface area contributed by atoms with Crippen molar-refractivity contribution in [2.75, 3.05) is 7.11 Å². The summed E-state index contributed by atoms with van der Waals surface area (Å²) in [7, 11) is 1.62. The first-order valence-electron chi connectivity index (χ1n) is 7.83. The molecule has 0 unspecified atom stereocenters. The van der Waals surface area contributed by atoms with Crippen molar-refractivity contribution >= 4 is 12.0 Å². The molecule has 0 heterocycles. The fourth-order valence-electron chi connectivity index (χ4n) is 2.87. The number of benzene rings is 1. The van der Waals surface area contributed by atoms with Crippen LogP contribution in [0.5, 0.6) is 5.75 Å². The van der Waals surface area contributed by atoms with Gasteiger partial charge in [-0.05, 0) is 67.9 Å². The van der Waals surface area contributed by atoms with Gasteiger partial charge in [0.25, 0.3) is 5.91 Å². The van der Waals surface area contributed by atoms with Gasteiger partial charge in [0.2, 0.25) is 0 Å². The molecule has 4 heteroatoms. The predicted octanol–water partition coefficient (Wildman–Crippen LogP) is 2.76. The Kier molecular flexibility index (Phi) is 4.15. The fourth-order valence-corrected chi connectivity index (χ4v) is 2.87. The molecule has 2 aliphatic rings. The van der Waals surface area contributed by atoms with Crippen molar-refractivity contribution in [2.24, 2.45) is 0 Å². The lowest BCUT2D eigenvalue weighted by molar-refractivity contribution is -0.117. The van der Waals surface area contributed by atoms with Gasteiger partial charge in [0.15, 0.2) is 0 Å². The largest absolute Gasteiger partial charge is 0.496 e. The van der Waals surface area contributed by atoms with E-state index in [1.807, 2.05) is 12.1 Å². The van der Waals surface area contributed by atoms with Crippen molar-refractivity contribution in [3.63, 3.8) is 0 Å². The SMILES string of the molecule is COc1cc2c(cc1/C=C(\C#N)C(=O)NC1CC1)CCCC2. The van der Waals surface area contributed by atoms with Crippen molar-refractivity contribution in [1.29, 1.82) is 5.26 Å². The van der Waals surface area contributed by atoms with Gasteiger partial charge >= 0.3 is 0 Å². The van der Waals surface area contributed by atoms with Crippen LogP contribution in [0.3, 0.4) is 0 Å². The van der Waals surface area contributed by atoms with Crippen LogP contribution in [0.1, 0.15) is 42.4 Å². The number of nitriles is 1. The molecule has 22 heavy (non-hydrogen) atoms. The normalized spacial score (nSPS) is 17.4. The number of nitrogens with one attached hydrogen (secondary N) is 1. The van der Waals surface area contributed by atoms with Crippen LogP contribution >= 0.6 is 0 Å². The maximum Gasteiger partial charge on any atom is 0.262 e. The van der Waals surface area contributed by atoms with Crippen LogP contribution in [0.2, 0.25) is 0 Å². The van der Waals surface area contributed by atoms with E-state index < -0.39 is 0 Å². The Hall–Kier alpha value is -2.28. The number of methoxy groups -OCH3 is 1. The second-order valence-corrected chi connectivity index (χ2v) is 5.99. The summed E-state index contributed by atoms with van der Waals surface area (Å²) in [5.41, 5.74) is 3.57. The molecule has 114 valence electrons. The first kappa shape index (κ1) is 14.6. The Bertz CT molecular complexity index is 666. The lowest BCUT2D eigenvalue weighted by atomic mass is 9.89. The Labute approximate surface area is 130 Å². The third-order valence-electron chi connectivity index (χ3n) is 4.27. The van der Waals surface area contributed by atoms with Crippen LogP contribution < -0.4 is 10.1 Å². The van der Waals surface area contributed by atoms with E-state index in [2.05, 4.69) is 11.4 Å². The number of carbonyl (C=O) groups is 1. The van der Waals surface area contributed by atoms with E-state index in [4.69, 9.17) is 4.74 Å². The Morgan fingerprint density at radius 1 is 1.32 bits per heavy atom. The van der Waals surface area contributed by atoms with Gasteiger partial charge in [-0.1, -0.05) is 0 Å². The van der Waals surface area contributed by atoms with Crippen LogP contribution in [-0.2, 0) is 17.6 Å². The van der Waals surface area contributed by atoms with Crippen molar-refractivity contribution in [3.05, 3.63) is 34.4 Å². The average molecular weight is 296 g/mol. The molecule has 1 saturated carbocycles. The summed E-state index contributed by atoms with van der Waals surface area (Å²) in [6.07, 6.45) is 8.18. The molecule has 0 aromatic heterocycles. The smallest absolute Gasteiger partial charge is 0.262 e. The number of hydrogen-bond acceptors (Lipinski definition) is 3. The summed E-state index contributed by atoms with van der Waals surface area (Å²) in [5, 5.41) is 12.1. The topological polar surface area (TPSA) is 62.1 Å². The van der Waals surface area contributed by atoms with Gasteiger partial charge in [0.1, 0.15) is 17.4 Å². The summed E-state index contributed by atoms with van der Waals surface area (Å²) < 4.78 is 5.44. The third-order valence-corrected chi connectivity index (χ3v) is 4.27. The lowest BCUT2D eigenvalue weighted by Crippen LogP contribution is -2.26. The highest BCUT2D eigenvalue weighted by atomic mass is 16.5. The maximum absolute atomic E-state index is 12.1. The summed E-state index contributed by atoms with van der Waals surface area (Å²) in [4.78, 5) is 12.1.